The van der Waals surface area contributed by atoms with Crippen LogP contribution in [0.5, 0.6) is 11.5 Å². The van der Waals surface area contributed by atoms with Gasteiger partial charge in [0.25, 0.3) is 0 Å². The van der Waals surface area contributed by atoms with Crippen molar-refractivity contribution in [3.05, 3.63) is 59.7 Å². The first-order valence-corrected chi connectivity index (χ1v) is 12.0. The van der Waals surface area contributed by atoms with Crippen LogP contribution in [0.25, 0.3) is 0 Å². The third kappa shape index (κ3) is 7.79. The van der Waals surface area contributed by atoms with Gasteiger partial charge in [-0.25, -0.2) is 0 Å². The summed E-state index contributed by atoms with van der Waals surface area (Å²) >= 11 is 1.54. The van der Waals surface area contributed by atoms with Gasteiger partial charge in [-0.2, -0.15) is 0 Å². The number of methoxy groups -OCH3 is 2. The van der Waals surface area contributed by atoms with Crippen LogP contribution in [-0.2, 0) is 21.9 Å². The van der Waals surface area contributed by atoms with E-state index in [0.29, 0.717) is 18.1 Å². The SMILES string of the molecule is CC[C@@H](C)NC(=O)[C@@H](C)N(Cc1ccc(OC)cc1)C(=O)CSCc1ccc(OC)cc1. The summed E-state index contributed by atoms with van der Waals surface area (Å²) in [6.45, 7) is 6.13. The zero-order valence-electron chi connectivity index (χ0n) is 19.6. The molecule has 7 heteroatoms. The number of carbonyl (C=O) groups is 2. The monoisotopic (exact) mass is 458 g/mol. The van der Waals surface area contributed by atoms with Crippen molar-refractivity contribution in [1.82, 2.24) is 10.2 Å². The van der Waals surface area contributed by atoms with E-state index in [2.05, 4.69) is 5.32 Å². The number of amides is 2. The van der Waals surface area contributed by atoms with Crippen molar-refractivity contribution in [3.63, 3.8) is 0 Å². The van der Waals surface area contributed by atoms with Crippen molar-refractivity contribution < 1.29 is 19.1 Å². The fraction of sp³-hybridized carbons (Fsp3) is 0.440. The minimum Gasteiger partial charge on any atom is -0.497 e. The summed E-state index contributed by atoms with van der Waals surface area (Å²) in [6, 6.07) is 14.9. The van der Waals surface area contributed by atoms with Gasteiger partial charge in [0.1, 0.15) is 17.5 Å². The molecule has 0 aliphatic heterocycles. The van der Waals surface area contributed by atoms with E-state index >= 15 is 0 Å². The molecule has 2 aromatic carbocycles. The second kappa shape index (κ2) is 13.0. The molecule has 0 aliphatic rings. The van der Waals surface area contributed by atoms with Crippen LogP contribution in [0.15, 0.2) is 48.5 Å². The molecular formula is C25H34N2O4S. The fourth-order valence-electron chi connectivity index (χ4n) is 3.04. The first kappa shape index (κ1) is 25.6. The Labute approximate surface area is 195 Å². The van der Waals surface area contributed by atoms with Crippen LogP contribution in [0.2, 0.25) is 0 Å². The quantitative estimate of drug-likeness (QED) is 0.515. The zero-order valence-corrected chi connectivity index (χ0v) is 20.4. The summed E-state index contributed by atoms with van der Waals surface area (Å²) in [5.41, 5.74) is 2.07. The average Bonchev–Trinajstić information content (AvgIpc) is 2.82. The van der Waals surface area contributed by atoms with Gasteiger partial charge < -0.3 is 19.7 Å². The highest BCUT2D eigenvalue weighted by atomic mass is 32.2. The van der Waals surface area contributed by atoms with E-state index in [1.54, 1.807) is 26.0 Å². The van der Waals surface area contributed by atoms with E-state index in [0.717, 1.165) is 29.0 Å². The van der Waals surface area contributed by atoms with E-state index in [4.69, 9.17) is 9.47 Å². The van der Waals surface area contributed by atoms with Crippen LogP contribution in [0.1, 0.15) is 38.3 Å². The summed E-state index contributed by atoms with van der Waals surface area (Å²) in [5.74, 6) is 2.36. The van der Waals surface area contributed by atoms with Crippen LogP contribution >= 0.6 is 11.8 Å². The maximum absolute atomic E-state index is 13.1. The standard InChI is InChI=1S/C25H34N2O4S/c1-6-18(2)26-25(29)19(3)27(15-20-7-11-22(30-4)12-8-20)24(28)17-32-16-21-9-13-23(31-5)14-10-21/h7-14,18-19H,6,15-17H2,1-5H3,(H,26,29)/t18-,19-/m1/s1. The van der Waals surface area contributed by atoms with Gasteiger partial charge in [0.05, 0.1) is 20.0 Å². The normalized spacial score (nSPS) is 12.5. The number of ether oxygens (including phenoxy) is 2. The topological polar surface area (TPSA) is 67.9 Å². The van der Waals surface area contributed by atoms with Crippen molar-refractivity contribution in [2.45, 2.75) is 51.6 Å². The molecule has 0 radical (unpaired) electrons. The Bertz CT molecular complexity index is 855. The largest absolute Gasteiger partial charge is 0.497 e. The lowest BCUT2D eigenvalue weighted by molar-refractivity contribution is -0.138. The number of hydrogen-bond donors (Lipinski definition) is 1. The van der Waals surface area contributed by atoms with Crippen molar-refractivity contribution in [3.8, 4) is 11.5 Å². The zero-order chi connectivity index (χ0) is 23.5. The number of benzene rings is 2. The van der Waals surface area contributed by atoms with Crippen LogP contribution < -0.4 is 14.8 Å². The maximum Gasteiger partial charge on any atom is 0.242 e. The molecule has 2 atom stereocenters. The second-order valence-electron chi connectivity index (χ2n) is 7.70. The lowest BCUT2D eigenvalue weighted by Crippen LogP contribution is -2.50. The van der Waals surface area contributed by atoms with Gasteiger partial charge in [-0.05, 0) is 55.7 Å². The van der Waals surface area contributed by atoms with E-state index in [-0.39, 0.29) is 17.9 Å². The third-order valence-electron chi connectivity index (χ3n) is 5.33. The van der Waals surface area contributed by atoms with E-state index in [1.807, 2.05) is 62.4 Å². The smallest absolute Gasteiger partial charge is 0.242 e. The summed E-state index contributed by atoms with van der Waals surface area (Å²) in [6.07, 6.45) is 0.836. The fourth-order valence-corrected chi connectivity index (χ4v) is 3.91. The van der Waals surface area contributed by atoms with Gasteiger partial charge in [0.15, 0.2) is 0 Å². The molecule has 0 fully saturated rings. The van der Waals surface area contributed by atoms with Crippen molar-refractivity contribution in [2.75, 3.05) is 20.0 Å². The Morgan fingerprint density at radius 2 is 1.47 bits per heavy atom. The Morgan fingerprint density at radius 1 is 0.938 bits per heavy atom. The molecule has 0 heterocycles. The third-order valence-corrected chi connectivity index (χ3v) is 6.32. The molecule has 2 rings (SSSR count). The number of rotatable bonds is 12. The van der Waals surface area contributed by atoms with Gasteiger partial charge in [0.2, 0.25) is 11.8 Å². The molecule has 0 spiro atoms. The van der Waals surface area contributed by atoms with Crippen molar-refractivity contribution >= 4 is 23.6 Å². The van der Waals surface area contributed by atoms with Gasteiger partial charge in [0, 0.05) is 18.3 Å². The minimum absolute atomic E-state index is 0.0623. The first-order valence-electron chi connectivity index (χ1n) is 10.8. The predicted molar refractivity (Wildman–Crippen MR) is 130 cm³/mol. The molecule has 0 saturated carbocycles. The number of thioether (sulfide) groups is 1. The summed E-state index contributed by atoms with van der Waals surface area (Å²) in [5, 5.41) is 2.99. The van der Waals surface area contributed by atoms with Gasteiger partial charge in [-0.1, -0.05) is 31.2 Å². The lowest BCUT2D eigenvalue weighted by atomic mass is 10.1. The number of nitrogens with one attached hydrogen (secondary N) is 1. The average molecular weight is 459 g/mol. The molecule has 2 amide bonds. The van der Waals surface area contributed by atoms with E-state index in [1.165, 1.54) is 11.8 Å². The van der Waals surface area contributed by atoms with Gasteiger partial charge in [-0.3, -0.25) is 9.59 Å². The molecule has 0 unspecified atom stereocenters. The first-order chi connectivity index (χ1) is 15.4. The van der Waals surface area contributed by atoms with Crippen LogP contribution in [0, 0.1) is 0 Å². The summed E-state index contributed by atoms with van der Waals surface area (Å²) < 4.78 is 10.4. The molecule has 0 aromatic heterocycles. The van der Waals surface area contributed by atoms with Gasteiger partial charge in [-0.15, -0.1) is 11.8 Å². The molecule has 32 heavy (non-hydrogen) atoms. The highest BCUT2D eigenvalue weighted by Gasteiger charge is 2.26. The summed E-state index contributed by atoms with van der Waals surface area (Å²) in [7, 11) is 3.25. The Hall–Kier alpha value is -2.67. The van der Waals surface area contributed by atoms with Crippen LogP contribution in [0.3, 0.4) is 0 Å². The molecule has 0 bridgehead atoms. The van der Waals surface area contributed by atoms with Crippen LogP contribution in [0.4, 0.5) is 0 Å². The van der Waals surface area contributed by atoms with Crippen molar-refractivity contribution in [1.29, 1.82) is 0 Å². The molecule has 0 aliphatic carbocycles. The molecule has 0 saturated heterocycles. The Morgan fingerprint density at radius 3 is 1.97 bits per heavy atom. The highest BCUT2D eigenvalue weighted by Crippen LogP contribution is 2.19. The minimum atomic E-state index is -0.569. The lowest BCUT2D eigenvalue weighted by Gasteiger charge is -2.29. The number of nitrogens with zero attached hydrogens (tertiary/aromatic N) is 1. The van der Waals surface area contributed by atoms with Crippen molar-refractivity contribution in [2.24, 2.45) is 0 Å². The van der Waals surface area contributed by atoms with E-state index in [9.17, 15) is 9.59 Å². The molecule has 6 nitrogen and oxygen atoms in total. The number of hydrogen-bond acceptors (Lipinski definition) is 5. The molecule has 2 aromatic rings. The second-order valence-corrected chi connectivity index (χ2v) is 8.69. The van der Waals surface area contributed by atoms with Gasteiger partial charge >= 0.3 is 0 Å². The predicted octanol–water partition coefficient (Wildman–Crippen LogP) is 4.27. The number of carbonyl (C=O) groups excluding carboxylic acids is 2. The van der Waals surface area contributed by atoms with E-state index < -0.39 is 6.04 Å². The highest BCUT2D eigenvalue weighted by molar-refractivity contribution is 7.99. The van der Waals surface area contributed by atoms with Crippen LogP contribution in [-0.4, -0.2) is 48.8 Å². The molecule has 1 N–H and O–H groups in total. The molecular weight excluding hydrogens is 424 g/mol. The molecule has 174 valence electrons. The Kier molecular flexibility index (Phi) is 10.4. The summed E-state index contributed by atoms with van der Waals surface area (Å²) in [4.78, 5) is 27.6. The Balaban J connectivity index is 2.06. The maximum atomic E-state index is 13.1.